The highest BCUT2D eigenvalue weighted by molar-refractivity contribution is 6.32. The summed E-state index contributed by atoms with van der Waals surface area (Å²) >= 11 is 5.91. The van der Waals surface area contributed by atoms with Crippen LogP contribution in [0.2, 0.25) is 0 Å². The van der Waals surface area contributed by atoms with Gasteiger partial charge in [-0.15, -0.1) is 11.6 Å². The minimum atomic E-state index is -0.691. The lowest BCUT2D eigenvalue weighted by atomic mass is 9.89. The summed E-state index contributed by atoms with van der Waals surface area (Å²) in [6.45, 7) is 3.56. The van der Waals surface area contributed by atoms with Gasteiger partial charge in [0.25, 0.3) is 5.91 Å². The molecule has 0 radical (unpaired) electrons. The van der Waals surface area contributed by atoms with Crippen LogP contribution in [0.25, 0.3) is 0 Å². The topological polar surface area (TPSA) is 61.4 Å². The number of amides is 2. The van der Waals surface area contributed by atoms with Gasteiger partial charge >= 0.3 is 0 Å². The predicted molar refractivity (Wildman–Crippen MR) is 143 cm³/mol. The van der Waals surface area contributed by atoms with E-state index in [2.05, 4.69) is 39.8 Å². The average Bonchev–Trinajstić information content (AvgIpc) is 2.89. The van der Waals surface area contributed by atoms with Gasteiger partial charge in [0, 0.05) is 31.0 Å². The van der Waals surface area contributed by atoms with Crippen molar-refractivity contribution in [3.63, 3.8) is 0 Å². The second kappa shape index (κ2) is 12.0. The summed E-state index contributed by atoms with van der Waals surface area (Å²) in [5.41, 5.74) is 3.99. The number of carbonyl (C=O) groups is 2. The summed E-state index contributed by atoms with van der Waals surface area (Å²) in [6, 6.07) is 22.0. The van der Waals surface area contributed by atoms with Crippen molar-refractivity contribution in [2.45, 2.75) is 38.1 Å². The first-order valence-electron chi connectivity index (χ1n) is 12.3. The van der Waals surface area contributed by atoms with Crippen LogP contribution in [0.4, 0.5) is 15.8 Å². The van der Waals surface area contributed by atoms with Gasteiger partial charge < -0.3 is 15.5 Å². The Labute approximate surface area is 216 Å². The van der Waals surface area contributed by atoms with Crippen molar-refractivity contribution in [3.8, 4) is 0 Å². The number of nitrogens with zero attached hydrogens (tertiary/aromatic N) is 1. The molecular weight excluding hydrogens is 477 g/mol. The fourth-order valence-corrected chi connectivity index (χ4v) is 4.57. The first-order valence-corrected chi connectivity index (χ1v) is 12.7. The first-order chi connectivity index (χ1) is 17.4. The number of piperidine rings is 1. The van der Waals surface area contributed by atoms with E-state index in [0.717, 1.165) is 43.6 Å². The van der Waals surface area contributed by atoms with E-state index < -0.39 is 5.38 Å². The SMILES string of the molecule is C[C@@H](Cl)C(=O)Nc1ccc(N2CCC(Cc3ccccc3)CC2)c(C(=O)NCc2ccc(F)cc2)c1. The van der Waals surface area contributed by atoms with Gasteiger partial charge in [-0.1, -0.05) is 42.5 Å². The number of benzene rings is 3. The van der Waals surface area contributed by atoms with Gasteiger partial charge in [-0.25, -0.2) is 4.39 Å². The van der Waals surface area contributed by atoms with E-state index in [9.17, 15) is 14.0 Å². The van der Waals surface area contributed by atoms with E-state index >= 15 is 0 Å². The molecule has 1 aliphatic rings. The van der Waals surface area contributed by atoms with E-state index in [-0.39, 0.29) is 24.2 Å². The second-order valence-corrected chi connectivity index (χ2v) is 9.92. The molecule has 7 heteroatoms. The summed E-state index contributed by atoms with van der Waals surface area (Å²) in [6.07, 6.45) is 3.13. The fraction of sp³-hybridized carbons (Fsp3) is 0.310. The zero-order valence-corrected chi connectivity index (χ0v) is 21.1. The van der Waals surface area contributed by atoms with Crippen LogP contribution in [-0.2, 0) is 17.8 Å². The van der Waals surface area contributed by atoms with Crippen molar-refractivity contribution in [2.75, 3.05) is 23.3 Å². The zero-order valence-electron chi connectivity index (χ0n) is 20.3. The molecule has 5 nitrogen and oxygen atoms in total. The van der Waals surface area contributed by atoms with Crippen molar-refractivity contribution in [1.82, 2.24) is 5.32 Å². The molecule has 1 saturated heterocycles. The predicted octanol–water partition coefficient (Wildman–Crippen LogP) is 5.78. The fourth-order valence-electron chi connectivity index (χ4n) is 4.52. The van der Waals surface area contributed by atoms with Gasteiger partial charge in [0.1, 0.15) is 11.2 Å². The average molecular weight is 508 g/mol. The maximum absolute atomic E-state index is 13.3. The standard InChI is InChI=1S/C29H31ClFN3O2/c1-20(30)28(35)33-25-11-12-27(26(18-25)29(36)32-19-23-7-9-24(31)10-8-23)34-15-13-22(14-16-34)17-21-5-3-2-4-6-21/h2-12,18,20,22H,13-17,19H2,1H3,(H,32,36)(H,33,35)/t20-/m1/s1. The highest BCUT2D eigenvalue weighted by atomic mass is 35.5. The molecule has 1 fully saturated rings. The maximum atomic E-state index is 13.3. The summed E-state index contributed by atoms with van der Waals surface area (Å²) in [7, 11) is 0. The third-order valence-corrected chi connectivity index (χ3v) is 6.76. The third kappa shape index (κ3) is 6.85. The molecule has 36 heavy (non-hydrogen) atoms. The molecule has 1 atom stereocenters. The lowest BCUT2D eigenvalue weighted by Gasteiger charge is -2.35. The monoisotopic (exact) mass is 507 g/mol. The van der Waals surface area contributed by atoms with Gasteiger partial charge in [0.15, 0.2) is 0 Å². The Morgan fingerprint density at radius 2 is 1.69 bits per heavy atom. The molecule has 2 amide bonds. The minimum Gasteiger partial charge on any atom is -0.371 e. The minimum absolute atomic E-state index is 0.254. The summed E-state index contributed by atoms with van der Waals surface area (Å²) in [5.74, 6) is -0.303. The van der Waals surface area contributed by atoms with Crippen LogP contribution in [0.15, 0.2) is 72.8 Å². The second-order valence-electron chi connectivity index (χ2n) is 9.27. The lowest BCUT2D eigenvalue weighted by molar-refractivity contribution is -0.115. The molecular formula is C29H31ClFN3O2. The van der Waals surface area contributed by atoms with E-state index in [4.69, 9.17) is 11.6 Å². The summed E-state index contributed by atoms with van der Waals surface area (Å²) < 4.78 is 13.2. The zero-order chi connectivity index (χ0) is 25.5. The molecule has 0 bridgehead atoms. The largest absolute Gasteiger partial charge is 0.371 e. The quantitative estimate of drug-likeness (QED) is 0.380. The van der Waals surface area contributed by atoms with Gasteiger partial charge in [0.05, 0.1) is 5.56 Å². The van der Waals surface area contributed by atoms with Crippen LogP contribution in [-0.4, -0.2) is 30.3 Å². The first kappa shape index (κ1) is 25.7. The molecule has 0 spiro atoms. The van der Waals surface area contributed by atoms with E-state index in [1.54, 1.807) is 31.2 Å². The van der Waals surface area contributed by atoms with Crippen LogP contribution in [0.5, 0.6) is 0 Å². The maximum Gasteiger partial charge on any atom is 0.253 e. The molecule has 0 unspecified atom stereocenters. The Balaban J connectivity index is 1.49. The Bertz CT molecular complexity index is 1180. The highest BCUT2D eigenvalue weighted by Crippen LogP contribution is 2.30. The van der Waals surface area contributed by atoms with Gasteiger partial charge in [-0.05, 0) is 73.6 Å². The highest BCUT2D eigenvalue weighted by Gasteiger charge is 2.24. The number of halogens is 2. The Hall–Kier alpha value is -3.38. The van der Waals surface area contributed by atoms with Crippen LogP contribution in [0, 0.1) is 11.7 Å². The molecule has 1 heterocycles. The van der Waals surface area contributed by atoms with Gasteiger partial charge in [-0.2, -0.15) is 0 Å². The molecule has 0 aliphatic carbocycles. The number of anilines is 2. The number of alkyl halides is 1. The molecule has 188 valence electrons. The summed E-state index contributed by atoms with van der Waals surface area (Å²) in [5, 5.41) is 5.01. The van der Waals surface area contributed by atoms with E-state index in [1.165, 1.54) is 17.7 Å². The van der Waals surface area contributed by atoms with Crippen molar-refractivity contribution >= 4 is 34.8 Å². The van der Waals surface area contributed by atoms with Crippen molar-refractivity contribution in [1.29, 1.82) is 0 Å². The van der Waals surface area contributed by atoms with E-state index in [0.29, 0.717) is 17.2 Å². The Kier molecular flexibility index (Phi) is 8.60. The number of carbonyl (C=O) groups excluding carboxylic acids is 2. The molecule has 3 aromatic rings. The van der Waals surface area contributed by atoms with Crippen molar-refractivity contribution in [2.24, 2.45) is 5.92 Å². The number of rotatable bonds is 8. The smallest absolute Gasteiger partial charge is 0.253 e. The van der Waals surface area contributed by atoms with Gasteiger partial charge in [-0.3, -0.25) is 9.59 Å². The molecule has 0 saturated carbocycles. The van der Waals surface area contributed by atoms with E-state index in [1.807, 2.05) is 12.1 Å². The number of nitrogens with one attached hydrogen (secondary N) is 2. The molecule has 4 rings (SSSR count). The van der Waals surface area contributed by atoms with Crippen molar-refractivity contribution in [3.05, 3.63) is 95.3 Å². The van der Waals surface area contributed by atoms with Crippen molar-refractivity contribution < 1.29 is 14.0 Å². The van der Waals surface area contributed by atoms with Crippen LogP contribution in [0.1, 0.15) is 41.3 Å². The van der Waals surface area contributed by atoms with Crippen LogP contribution >= 0.6 is 11.6 Å². The molecule has 3 aromatic carbocycles. The molecule has 1 aliphatic heterocycles. The lowest BCUT2D eigenvalue weighted by Crippen LogP contribution is -2.36. The Morgan fingerprint density at radius 1 is 1.00 bits per heavy atom. The third-order valence-electron chi connectivity index (χ3n) is 6.56. The normalized spacial score (nSPS) is 14.8. The summed E-state index contributed by atoms with van der Waals surface area (Å²) in [4.78, 5) is 27.6. The molecule has 0 aromatic heterocycles. The number of hydrogen-bond acceptors (Lipinski definition) is 3. The van der Waals surface area contributed by atoms with Crippen LogP contribution < -0.4 is 15.5 Å². The van der Waals surface area contributed by atoms with Crippen LogP contribution in [0.3, 0.4) is 0 Å². The Morgan fingerprint density at radius 3 is 2.36 bits per heavy atom. The number of hydrogen-bond donors (Lipinski definition) is 2. The van der Waals surface area contributed by atoms with Gasteiger partial charge in [0.2, 0.25) is 5.91 Å². The molecule has 2 N–H and O–H groups in total.